The van der Waals surface area contributed by atoms with Gasteiger partial charge in [-0.3, -0.25) is 9.59 Å². The van der Waals surface area contributed by atoms with Gasteiger partial charge in [-0.15, -0.1) is 0 Å². The lowest BCUT2D eigenvalue weighted by Gasteiger charge is -2.26. The molecule has 0 fully saturated rings. The van der Waals surface area contributed by atoms with Crippen molar-refractivity contribution < 1.29 is 9.59 Å². The molecular formula is C14H24N2O2. The molecule has 0 aliphatic carbocycles. The van der Waals surface area contributed by atoms with E-state index in [0.717, 1.165) is 0 Å². The molecule has 0 rings (SSSR count). The lowest BCUT2D eigenvalue weighted by atomic mass is 10.2. The van der Waals surface area contributed by atoms with E-state index in [1.165, 1.54) is 0 Å². The van der Waals surface area contributed by atoms with Crippen molar-refractivity contribution in [1.82, 2.24) is 9.80 Å². The molecule has 0 heterocycles. The number of carbonyl (C=O) groups is 2. The minimum absolute atomic E-state index is 0.0590. The SMILES string of the molecule is C=C(C)C(=O)N(CC)CCN(CC)C(=O)C(=C)C. The molecule has 0 N–H and O–H groups in total. The molecule has 0 aliphatic rings. The van der Waals surface area contributed by atoms with E-state index in [2.05, 4.69) is 13.2 Å². The minimum Gasteiger partial charge on any atom is -0.337 e. The van der Waals surface area contributed by atoms with Gasteiger partial charge in [-0.25, -0.2) is 0 Å². The van der Waals surface area contributed by atoms with Gasteiger partial charge in [0.2, 0.25) is 11.8 Å². The molecule has 0 unspecified atom stereocenters. The Labute approximate surface area is 110 Å². The second-order valence-electron chi connectivity index (χ2n) is 4.33. The molecule has 0 bridgehead atoms. The van der Waals surface area contributed by atoms with E-state index in [4.69, 9.17) is 0 Å². The molecule has 0 aromatic heterocycles. The quantitative estimate of drug-likeness (QED) is 0.649. The molecule has 0 aromatic carbocycles. The first-order chi connectivity index (χ1) is 8.34. The third kappa shape index (κ3) is 4.73. The summed E-state index contributed by atoms with van der Waals surface area (Å²) in [7, 11) is 0. The van der Waals surface area contributed by atoms with Crippen LogP contribution in [-0.4, -0.2) is 47.8 Å². The van der Waals surface area contributed by atoms with Gasteiger partial charge in [0.15, 0.2) is 0 Å². The van der Waals surface area contributed by atoms with Crippen molar-refractivity contribution in [2.24, 2.45) is 0 Å². The molecule has 0 saturated carbocycles. The first-order valence-electron chi connectivity index (χ1n) is 6.24. The van der Waals surface area contributed by atoms with Gasteiger partial charge < -0.3 is 9.80 Å². The molecule has 4 nitrogen and oxygen atoms in total. The molecule has 0 spiro atoms. The fourth-order valence-electron chi connectivity index (χ4n) is 1.59. The van der Waals surface area contributed by atoms with Gasteiger partial charge in [0, 0.05) is 37.3 Å². The van der Waals surface area contributed by atoms with Crippen LogP contribution in [0.2, 0.25) is 0 Å². The van der Waals surface area contributed by atoms with Crippen molar-refractivity contribution in [2.75, 3.05) is 26.2 Å². The van der Waals surface area contributed by atoms with Gasteiger partial charge in [-0.1, -0.05) is 13.2 Å². The van der Waals surface area contributed by atoms with Gasteiger partial charge in [0.1, 0.15) is 0 Å². The average molecular weight is 252 g/mol. The summed E-state index contributed by atoms with van der Waals surface area (Å²) in [6, 6.07) is 0. The average Bonchev–Trinajstić information content (AvgIpc) is 2.33. The molecule has 18 heavy (non-hydrogen) atoms. The highest BCUT2D eigenvalue weighted by Gasteiger charge is 2.16. The van der Waals surface area contributed by atoms with E-state index in [1.54, 1.807) is 23.6 Å². The fraction of sp³-hybridized carbons (Fsp3) is 0.571. The Hall–Kier alpha value is -1.58. The fourth-order valence-corrected chi connectivity index (χ4v) is 1.59. The summed E-state index contributed by atoms with van der Waals surface area (Å²) in [5.74, 6) is -0.118. The lowest BCUT2D eigenvalue weighted by molar-refractivity contribution is -0.130. The van der Waals surface area contributed by atoms with E-state index in [-0.39, 0.29) is 11.8 Å². The third-order valence-corrected chi connectivity index (χ3v) is 2.71. The summed E-state index contributed by atoms with van der Waals surface area (Å²) in [5, 5.41) is 0. The zero-order valence-electron chi connectivity index (χ0n) is 12.0. The molecule has 0 atom stereocenters. The highest BCUT2D eigenvalue weighted by Crippen LogP contribution is 2.02. The number of amides is 2. The van der Waals surface area contributed by atoms with Crippen LogP contribution in [0.4, 0.5) is 0 Å². The summed E-state index contributed by atoms with van der Waals surface area (Å²) in [4.78, 5) is 27.0. The number of rotatable bonds is 7. The molecular weight excluding hydrogens is 228 g/mol. The number of likely N-dealkylation sites (N-methyl/N-ethyl adjacent to an activating group) is 2. The van der Waals surface area contributed by atoms with E-state index in [9.17, 15) is 9.59 Å². The van der Waals surface area contributed by atoms with Crippen molar-refractivity contribution in [2.45, 2.75) is 27.7 Å². The van der Waals surface area contributed by atoms with Crippen LogP contribution >= 0.6 is 0 Å². The zero-order valence-corrected chi connectivity index (χ0v) is 12.0. The molecule has 0 aromatic rings. The van der Waals surface area contributed by atoms with Crippen molar-refractivity contribution in [3.05, 3.63) is 24.3 Å². The van der Waals surface area contributed by atoms with E-state index >= 15 is 0 Å². The van der Waals surface area contributed by atoms with Gasteiger partial charge in [0.05, 0.1) is 0 Å². The highest BCUT2D eigenvalue weighted by molar-refractivity contribution is 5.93. The largest absolute Gasteiger partial charge is 0.337 e. The molecule has 102 valence electrons. The van der Waals surface area contributed by atoms with Crippen LogP contribution in [0, 0.1) is 0 Å². The Balaban J connectivity index is 4.51. The van der Waals surface area contributed by atoms with Crippen molar-refractivity contribution in [1.29, 1.82) is 0 Å². The summed E-state index contributed by atoms with van der Waals surface area (Å²) in [6.07, 6.45) is 0. The Morgan fingerprint density at radius 3 is 1.28 bits per heavy atom. The smallest absolute Gasteiger partial charge is 0.248 e. The van der Waals surface area contributed by atoms with Crippen LogP contribution < -0.4 is 0 Å². The van der Waals surface area contributed by atoms with E-state index in [0.29, 0.717) is 37.3 Å². The van der Waals surface area contributed by atoms with Crippen LogP contribution in [0.5, 0.6) is 0 Å². The number of hydrogen-bond donors (Lipinski definition) is 0. The molecule has 0 aliphatic heterocycles. The summed E-state index contributed by atoms with van der Waals surface area (Å²) in [5.41, 5.74) is 1.04. The van der Waals surface area contributed by atoms with Crippen molar-refractivity contribution in [3.63, 3.8) is 0 Å². The topological polar surface area (TPSA) is 40.6 Å². The first-order valence-corrected chi connectivity index (χ1v) is 6.24. The summed E-state index contributed by atoms with van der Waals surface area (Å²) in [6.45, 7) is 16.8. The van der Waals surface area contributed by atoms with E-state index < -0.39 is 0 Å². The molecule has 0 saturated heterocycles. The highest BCUT2D eigenvalue weighted by atomic mass is 16.2. The molecule has 0 radical (unpaired) electrons. The number of hydrogen-bond acceptors (Lipinski definition) is 2. The maximum absolute atomic E-state index is 11.8. The predicted octanol–water partition coefficient (Wildman–Crippen LogP) is 1.84. The number of nitrogens with zero attached hydrogens (tertiary/aromatic N) is 2. The predicted molar refractivity (Wildman–Crippen MR) is 74.1 cm³/mol. The number of carbonyl (C=O) groups excluding carboxylic acids is 2. The second-order valence-corrected chi connectivity index (χ2v) is 4.33. The third-order valence-electron chi connectivity index (χ3n) is 2.71. The maximum atomic E-state index is 11.8. The van der Waals surface area contributed by atoms with Gasteiger partial charge in [0.25, 0.3) is 0 Å². The minimum atomic E-state index is -0.0590. The Bertz CT molecular complexity index is 314. The van der Waals surface area contributed by atoms with Crippen LogP contribution in [-0.2, 0) is 9.59 Å². The van der Waals surface area contributed by atoms with Crippen LogP contribution in [0.1, 0.15) is 27.7 Å². The van der Waals surface area contributed by atoms with E-state index in [1.807, 2.05) is 13.8 Å². The Morgan fingerprint density at radius 2 is 1.11 bits per heavy atom. The van der Waals surface area contributed by atoms with Crippen molar-refractivity contribution >= 4 is 11.8 Å². The Morgan fingerprint density at radius 1 is 0.833 bits per heavy atom. The normalized spacial score (nSPS) is 9.78. The molecule has 4 heteroatoms. The monoisotopic (exact) mass is 252 g/mol. The van der Waals surface area contributed by atoms with Crippen LogP contribution in [0.3, 0.4) is 0 Å². The second kappa shape index (κ2) is 7.69. The van der Waals surface area contributed by atoms with Gasteiger partial charge in [-0.2, -0.15) is 0 Å². The summed E-state index contributed by atoms with van der Waals surface area (Å²) >= 11 is 0. The molecule has 2 amide bonds. The van der Waals surface area contributed by atoms with Gasteiger partial charge in [-0.05, 0) is 27.7 Å². The van der Waals surface area contributed by atoms with Crippen LogP contribution in [0.25, 0.3) is 0 Å². The standard InChI is InChI=1S/C14H24N2O2/c1-7-15(13(17)11(3)4)9-10-16(8-2)14(18)12(5)6/h3,5,7-10H2,1-2,4,6H3. The maximum Gasteiger partial charge on any atom is 0.248 e. The zero-order chi connectivity index (χ0) is 14.3. The summed E-state index contributed by atoms with van der Waals surface area (Å²) < 4.78 is 0. The van der Waals surface area contributed by atoms with Crippen LogP contribution in [0.15, 0.2) is 24.3 Å². The first kappa shape index (κ1) is 16.4. The van der Waals surface area contributed by atoms with Crippen molar-refractivity contribution in [3.8, 4) is 0 Å². The van der Waals surface area contributed by atoms with Gasteiger partial charge >= 0.3 is 0 Å². The lowest BCUT2D eigenvalue weighted by Crippen LogP contribution is -2.41. The Kier molecular flexibility index (Phi) is 7.01.